The average molecular weight is 780 g/mol. The second kappa shape index (κ2) is 13.9. The molecule has 15 nitrogen and oxygen atoms in total. The summed E-state index contributed by atoms with van der Waals surface area (Å²) in [5.41, 5.74) is 1.78. The number of anilines is 2. The van der Waals surface area contributed by atoms with Crippen molar-refractivity contribution >= 4 is 52.5 Å². The lowest BCUT2D eigenvalue weighted by molar-refractivity contribution is -0.164. The van der Waals surface area contributed by atoms with Gasteiger partial charge in [-0.1, -0.05) is 39.3 Å². The molecule has 2 aromatic carbocycles. The van der Waals surface area contributed by atoms with E-state index in [0.717, 1.165) is 55.5 Å². The molecule has 8 rings (SSSR count). The van der Waals surface area contributed by atoms with Crippen molar-refractivity contribution in [1.29, 1.82) is 5.26 Å². The number of amides is 5. The summed E-state index contributed by atoms with van der Waals surface area (Å²) in [5.74, 6) is -1.74. The van der Waals surface area contributed by atoms with Gasteiger partial charge >= 0.3 is 0 Å². The van der Waals surface area contributed by atoms with E-state index < -0.39 is 40.5 Å². The van der Waals surface area contributed by atoms with E-state index in [1.165, 1.54) is 0 Å². The SMILES string of the molecule is CC1(C)C(NC(=O)c2ncc(N3CCN(C4CN(c5ccc6c(c5)C(=O)N(C5CCC(=O)NC5=O)C6=O)C4)CC3)cn2)C(C)(C)C1Oc1ccc(C#N)c(Cl)c1. The van der Waals surface area contributed by atoms with Gasteiger partial charge in [-0.05, 0) is 36.8 Å². The molecule has 16 heteroatoms. The van der Waals surface area contributed by atoms with Crippen LogP contribution in [0.25, 0.3) is 0 Å². The second-order valence-corrected chi connectivity index (χ2v) is 16.7. The Morgan fingerprint density at radius 2 is 1.59 bits per heavy atom. The Kier molecular flexibility index (Phi) is 9.24. The van der Waals surface area contributed by atoms with Crippen molar-refractivity contribution < 1.29 is 28.7 Å². The van der Waals surface area contributed by atoms with Gasteiger partial charge in [0.2, 0.25) is 17.6 Å². The molecule has 0 bridgehead atoms. The monoisotopic (exact) mass is 779 g/mol. The summed E-state index contributed by atoms with van der Waals surface area (Å²) in [6, 6.07) is 11.4. The number of piperidine rings is 1. The summed E-state index contributed by atoms with van der Waals surface area (Å²) in [4.78, 5) is 80.4. The Morgan fingerprint density at radius 3 is 2.23 bits per heavy atom. The molecule has 3 saturated heterocycles. The number of carbonyl (C=O) groups is 5. The van der Waals surface area contributed by atoms with E-state index in [1.807, 2.05) is 33.8 Å². The van der Waals surface area contributed by atoms with Crippen molar-refractivity contribution in [2.45, 2.75) is 64.8 Å². The van der Waals surface area contributed by atoms with Gasteiger partial charge in [-0.2, -0.15) is 5.26 Å². The molecule has 4 fully saturated rings. The van der Waals surface area contributed by atoms with Crippen LogP contribution in [0.4, 0.5) is 11.4 Å². The van der Waals surface area contributed by atoms with Crippen LogP contribution in [0, 0.1) is 22.2 Å². The summed E-state index contributed by atoms with van der Waals surface area (Å²) in [6.07, 6.45) is 3.36. The van der Waals surface area contributed by atoms with Crippen LogP contribution in [0.5, 0.6) is 5.75 Å². The number of hydrogen-bond acceptors (Lipinski definition) is 12. The number of nitrogens with zero attached hydrogens (tertiary/aromatic N) is 7. The average Bonchev–Trinajstić information content (AvgIpc) is 3.40. The number of fused-ring (bicyclic) bond motifs is 1. The summed E-state index contributed by atoms with van der Waals surface area (Å²) in [7, 11) is 0. The number of nitriles is 1. The normalized spacial score (nSPS) is 24.5. The molecule has 5 amide bonds. The number of aromatic nitrogens is 2. The maximum atomic E-state index is 13.4. The highest BCUT2D eigenvalue weighted by Gasteiger charge is 2.64. The Morgan fingerprint density at radius 1 is 0.911 bits per heavy atom. The number of carbonyl (C=O) groups excluding carboxylic acids is 5. The van der Waals surface area contributed by atoms with Crippen LogP contribution in [0.2, 0.25) is 5.02 Å². The van der Waals surface area contributed by atoms with Gasteiger partial charge in [0.15, 0.2) is 0 Å². The number of imide groups is 2. The maximum absolute atomic E-state index is 13.4. The topological polar surface area (TPSA) is 181 Å². The van der Waals surface area contributed by atoms with Crippen molar-refractivity contribution in [3.8, 4) is 11.8 Å². The van der Waals surface area contributed by atoms with Crippen molar-refractivity contribution in [2.75, 3.05) is 49.1 Å². The van der Waals surface area contributed by atoms with E-state index >= 15 is 0 Å². The lowest BCUT2D eigenvalue weighted by atomic mass is 9.49. The molecule has 290 valence electrons. The summed E-state index contributed by atoms with van der Waals surface area (Å²) < 4.78 is 6.34. The van der Waals surface area contributed by atoms with Gasteiger partial charge in [0.25, 0.3) is 17.7 Å². The minimum absolute atomic E-state index is 0.0779. The van der Waals surface area contributed by atoms with Crippen molar-refractivity contribution in [3.05, 3.63) is 76.3 Å². The molecule has 5 aliphatic rings. The first-order valence-electron chi connectivity index (χ1n) is 18.8. The molecule has 4 aliphatic heterocycles. The zero-order valence-corrected chi connectivity index (χ0v) is 32.3. The van der Waals surface area contributed by atoms with Crippen LogP contribution in [0.1, 0.15) is 77.4 Å². The fourth-order valence-electron chi connectivity index (χ4n) is 9.29. The molecule has 56 heavy (non-hydrogen) atoms. The Bertz CT molecular complexity index is 2170. The van der Waals surface area contributed by atoms with Gasteiger partial charge < -0.3 is 19.9 Å². The van der Waals surface area contributed by atoms with Crippen LogP contribution in [0.3, 0.4) is 0 Å². The molecule has 1 aliphatic carbocycles. The van der Waals surface area contributed by atoms with E-state index in [0.29, 0.717) is 22.4 Å². The van der Waals surface area contributed by atoms with E-state index in [9.17, 15) is 29.2 Å². The van der Waals surface area contributed by atoms with Crippen LogP contribution in [-0.4, -0.2) is 113 Å². The number of hydrogen-bond donors (Lipinski definition) is 2. The highest BCUT2D eigenvalue weighted by molar-refractivity contribution is 6.31. The standard InChI is InChI=1S/C40H42ClN9O6/c1-39(2)37(40(3,4)38(39)56-26-7-5-22(17-42)29(41)16-26)46-34(53)32-43-18-24(19-44-32)47-11-13-48(14-12-47)25-20-49(21-25)23-6-8-27-28(15-23)36(55)50(35(27)54)30-9-10-31(51)45-33(30)52/h5-8,15-16,18-19,25,30,37-38H,9-14,20-21H2,1-4H3,(H,46,53)(H,45,51,52). The van der Waals surface area contributed by atoms with E-state index in [2.05, 4.69) is 41.4 Å². The first-order valence-corrected chi connectivity index (χ1v) is 19.1. The fraction of sp³-hybridized carbons (Fsp3) is 0.450. The number of ether oxygens (including phenoxy) is 1. The number of nitrogens with one attached hydrogen (secondary N) is 2. The Hall–Kier alpha value is -5.59. The molecule has 1 saturated carbocycles. The highest BCUT2D eigenvalue weighted by atomic mass is 35.5. The third kappa shape index (κ3) is 6.30. The molecule has 1 unspecified atom stereocenters. The summed E-state index contributed by atoms with van der Waals surface area (Å²) in [5, 5.41) is 14.9. The lowest BCUT2D eigenvalue weighted by Gasteiger charge is -2.63. The molecular formula is C40H42ClN9O6. The van der Waals surface area contributed by atoms with Gasteiger partial charge in [-0.25, -0.2) is 9.97 Å². The molecule has 5 heterocycles. The van der Waals surface area contributed by atoms with Gasteiger partial charge in [0.1, 0.15) is 24.0 Å². The van der Waals surface area contributed by atoms with Gasteiger partial charge in [0, 0.05) is 80.4 Å². The van der Waals surface area contributed by atoms with Crippen molar-refractivity contribution in [1.82, 2.24) is 30.4 Å². The first-order chi connectivity index (χ1) is 26.7. The molecular weight excluding hydrogens is 738 g/mol. The maximum Gasteiger partial charge on any atom is 0.289 e. The van der Waals surface area contributed by atoms with Crippen LogP contribution in [0.15, 0.2) is 48.8 Å². The van der Waals surface area contributed by atoms with E-state index in [4.69, 9.17) is 16.3 Å². The van der Waals surface area contributed by atoms with Crippen LogP contribution in [-0.2, 0) is 9.59 Å². The minimum atomic E-state index is -0.990. The largest absolute Gasteiger partial charge is 0.489 e. The zero-order valence-electron chi connectivity index (χ0n) is 31.5. The molecule has 1 aromatic heterocycles. The van der Waals surface area contributed by atoms with Gasteiger partial charge in [-0.15, -0.1) is 0 Å². The molecule has 0 radical (unpaired) electrons. The Balaban J connectivity index is 0.817. The van der Waals surface area contributed by atoms with Crippen LogP contribution >= 0.6 is 11.6 Å². The quantitative estimate of drug-likeness (QED) is 0.320. The van der Waals surface area contributed by atoms with Crippen LogP contribution < -0.4 is 25.2 Å². The Labute approximate surface area is 328 Å². The molecule has 0 spiro atoms. The number of halogens is 1. The van der Waals surface area contributed by atoms with E-state index in [-0.39, 0.29) is 47.8 Å². The smallest absolute Gasteiger partial charge is 0.289 e. The second-order valence-electron chi connectivity index (χ2n) is 16.3. The number of rotatable bonds is 8. The fourth-order valence-corrected chi connectivity index (χ4v) is 9.50. The minimum Gasteiger partial charge on any atom is -0.489 e. The molecule has 2 N–H and O–H groups in total. The van der Waals surface area contributed by atoms with Gasteiger partial charge in [-0.3, -0.25) is 39.1 Å². The number of benzene rings is 2. The zero-order chi connectivity index (χ0) is 39.7. The summed E-state index contributed by atoms with van der Waals surface area (Å²) >= 11 is 6.23. The first kappa shape index (κ1) is 37.3. The highest BCUT2D eigenvalue weighted by Crippen LogP contribution is 2.55. The lowest BCUT2D eigenvalue weighted by Crippen LogP contribution is -2.74. The van der Waals surface area contributed by atoms with Crippen molar-refractivity contribution in [2.24, 2.45) is 10.8 Å². The predicted octanol–water partition coefficient (Wildman–Crippen LogP) is 3.03. The summed E-state index contributed by atoms with van der Waals surface area (Å²) in [6.45, 7) is 12.9. The molecule has 1 atom stereocenters. The third-order valence-corrected chi connectivity index (χ3v) is 12.4. The third-order valence-electron chi connectivity index (χ3n) is 12.1. The van der Waals surface area contributed by atoms with Crippen molar-refractivity contribution in [3.63, 3.8) is 0 Å². The van der Waals surface area contributed by atoms with Gasteiger partial charge in [0.05, 0.1) is 39.8 Å². The predicted molar refractivity (Wildman–Crippen MR) is 204 cm³/mol. The number of piperazine rings is 1. The molecule has 3 aromatic rings. The van der Waals surface area contributed by atoms with E-state index in [1.54, 1.807) is 42.7 Å².